The molecule has 1 amide bonds. The van der Waals surface area contributed by atoms with Crippen LogP contribution in [0.25, 0.3) is 0 Å². The van der Waals surface area contributed by atoms with E-state index in [1.165, 1.54) is 36.4 Å². The second-order valence-corrected chi connectivity index (χ2v) is 5.20. The van der Waals surface area contributed by atoms with Crippen LogP contribution in [0.4, 0.5) is 18.9 Å². The van der Waals surface area contributed by atoms with Crippen molar-refractivity contribution >= 4 is 23.4 Å². The summed E-state index contributed by atoms with van der Waals surface area (Å²) in [6.45, 7) is -0.306. The van der Waals surface area contributed by atoms with Crippen LogP contribution in [-0.2, 0) is 4.79 Å². The second-order valence-electron chi connectivity index (χ2n) is 4.17. The van der Waals surface area contributed by atoms with Crippen LogP contribution in [0.1, 0.15) is 0 Å². The summed E-state index contributed by atoms with van der Waals surface area (Å²) >= 11 is 0.353. The average Bonchev–Trinajstić information content (AvgIpc) is 2.48. The van der Waals surface area contributed by atoms with Gasteiger partial charge in [0.05, 0.1) is 5.69 Å². The van der Waals surface area contributed by atoms with E-state index in [2.05, 4.69) is 5.32 Å². The lowest BCUT2D eigenvalue weighted by atomic mass is 10.3. The van der Waals surface area contributed by atoms with Gasteiger partial charge in [0.25, 0.3) is 11.7 Å². The minimum atomic E-state index is -2.58. The Morgan fingerprint density at radius 2 is 1.82 bits per heavy atom. The van der Waals surface area contributed by atoms with E-state index in [1.54, 1.807) is 12.1 Å². The molecule has 0 saturated heterocycles. The molecule has 1 N–H and O–H groups in total. The quantitative estimate of drug-likeness (QED) is 0.810. The van der Waals surface area contributed by atoms with Gasteiger partial charge in [-0.1, -0.05) is 23.9 Å². The van der Waals surface area contributed by atoms with Gasteiger partial charge in [-0.3, -0.25) is 4.79 Å². The molecule has 0 aromatic heterocycles. The normalized spacial score (nSPS) is 10.5. The van der Waals surface area contributed by atoms with Crippen LogP contribution in [0.2, 0.25) is 0 Å². The zero-order valence-electron chi connectivity index (χ0n) is 11.3. The third-order valence-electron chi connectivity index (χ3n) is 2.56. The van der Waals surface area contributed by atoms with Crippen molar-refractivity contribution in [2.75, 3.05) is 11.9 Å². The number of benzene rings is 2. The lowest BCUT2D eigenvalue weighted by Crippen LogP contribution is -2.20. The van der Waals surface area contributed by atoms with Gasteiger partial charge in [0.1, 0.15) is 11.6 Å². The molecule has 0 bridgehead atoms. The van der Waals surface area contributed by atoms with Gasteiger partial charge in [0.2, 0.25) is 0 Å². The molecular formula is C15H12F3NO2S. The number of rotatable bonds is 6. The van der Waals surface area contributed by atoms with Crippen molar-refractivity contribution in [1.82, 2.24) is 0 Å². The number of ether oxygens (including phenoxy) is 1. The highest BCUT2D eigenvalue weighted by atomic mass is 32.2. The van der Waals surface area contributed by atoms with Gasteiger partial charge in [-0.05, 0) is 36.4 Å². The van der Waals surface area contributed by atoms with E-state index in [9.17, 15) is 18.0 Å². The first-order valence-electron chi connectivity index (χ1n) is 6.26. The predicted molar refractivity (Wildman–Crippen MR) is 78.8 cm³/mol. The Hall–Kier alpha value is -2.15. The monoisotopic (exact) mass is 327 g/mol. The zero-order valence-corrected chi connectivity index (χ0v) is 12.1. The number of carbonyl (C=O) groups is 1. The summed E-state index contributed by atoms with van der Waals surface area (Å²) in [5, 5.41) is 2.51. The summed E-state index contributed by atoms with van der Waals surface area (Å²) < 4.78 is 42.8. The fourth-order valence-electron chi connectivity index (χ4n) is 1.63. The van der Waals surface area contributed by atoms with Crippen LogP contribution in [0.5, 0.6) is 5.75 Å². The highest BCUT2D eigenvalue weighted by molar-refractivity contribution is 7.99. The molecule has 0 aliphatic rings. The van der Waals surface area contributed by atoms with Crippen LogP contribution in [0.3, 0.4) is 0 Å². The number of hydrogen-bond donors (Lipinski definition) is 1. The van der Waals surface area contributed by atoms with Gasteiger partial charge in [-0.2, -0.15) is 8.78 Å². The summed E-state index contributed by atoms with van der Waals surface area (Å²) in [7, 11) is 0. The summed E-state index contributed by atoms with van der Waals surface area (Å²) in [4.78, 5) is 12.1. The average molecular weight is 327 g/mol. The number of halogens is 3. The standard InChI is InChI=1S/C15H12F3NO2S/c16-10-5-7-11(8-6-10)21-9-14(20)19-12-3-1-2-4-13(12)22-15(17)18/h1-8,15H,9H2,(H,19,20). The number of carbonyl (C=O) groups excluding carboxylic acids is 1. The van der Waals surface area contributed by atoms with Crippen molar-refractivity contribution in [2.45, 2.75) is 10.7 Å². The van der Waals surface area contributed by atoms with Gasteiger partial charge in [0, 0.05) is 4.90 Å². The maximum atomic E-state index is 12.7. The van der Waals surface area contributed by atoms with E-state index in [4.69, 9.17) is 4.74 Å². The van der Waals surface area contributed by atoms with Crippen LogP contribution in [0.15, 0.2) is 53.4 Å². The summed E-state index contributed by atoms with van der Waals surface area (Å²) in [6.07, 6.45) is 0. The highest BCUT2D eigenvalue weighted by Crippen LogP contribution is 2.31. The topological polar surface area (TPSA) is 38.3 Å². The Morgan fingerprint density at radius 1 is 1.14 bits per heavy atom. The lowest BCUT2D eigenvalue weighted by Gasteiger charge is -2.11. The van der Waals surface area contributed by atoms with Crippen molar-refractivity contribution in [3.8, 4) is 5.75 Å². The molecule has 0 aliphatic heterocycles. The molecule has 0 heterocycles. The van der Waals surface area contributed by atoms with Gasteiger partial charge >= 0.3 is 0 Å². The van der Waals surface area contributed by atoms with Crippen LogP contribution in [0, 0.1) is 5.82 Å². The van der Waals surface area contributed by atoms with E-state index >= 15 is 0 Å². The van der Waals surface area contributed by atoms with Crippen molar-refractivity contribution < 1.29 is 22.7 Å². The van der Waals surface area contributed by atoms with Gasteiger partial charge in [0.15, 0.2) is 6.61 Å². The number of hydrogen-bond acceptors (Lipinski definition) is 3. The van der Waals surface area contributed by atoms with Gasteiger partial charge in [-0.25, -0.2) is 4.39 Å². The molecule has 3 nitrogen and oxygen atoms in total. The molecule has 0 atom stereocenters. The van der Waals surface area contributed by atoms with Gasteiger partial charge < -0.3 is 10.1 Å². The third kappa shape index (κ3) is 5.00. The number of nitrogens with one attached hydrogen (secondary N) is 1. The molecular weight excluding hydrogens is 315 g/mol. The van der Waals surface area contributed by atoms with Crippen molar-refractivity contribution in [3.63, 3.8) is 0 Å². The van der Waals surface area contributed by atoms with E-state index in [1.807, 2.05) is 0 Å². The first-order valence-corrected chi connectivity index (χ1v) is 7.14. The lowest BCUT2D eigenvalue weighted by molar-refractivity contribution is -0.118. The highest BCUT2D eigenvalue weighted by Gasteiger charge is 2.12. The summed E-state index contributed by atoms with van der Waals surface area (Å²) in [6, 6.07) is 11.5. The Bertz CT molecular complexity index is 635. The molecule has 2 aromatic carbocycles. The molecule has 0 unspecified atom stereocenters. The molecule has 7 heteroatoms. The van der Waals surface area contributed by atoms with E-state index in [0.29, 0.717) is 23.2 Å². The van der Waals surface area contributed by atoms with E-state index in [-0.39, 0.29) is 11.5 Å². The van der Waals surface area contributed by atoms with Gasteiger partial charge in [-0.15, -0.1) is 0 Å². The van der Waals surface area contributed by atoms with E-state index in [0.717, 1.165) is 0 Å². The second kappa shape index (κ2) is 7.74. The molecule has 2 rings (SSSR count). The van der Waals surface area contributed by atoms with E-state index < -0.39 is 17.5 Å². The molecule has 0 fully saturated rings. The van der Waals surface area contributed by atoms with Crippen molar-refractivity contribution in [3.05, 3.63) is 54.3 Å². The number of alkyl halides is 2. The van der Waals surface area contributed by atoms with Crippen molar-refractivity contribution in [1.29, 1.82) is 0 Å². The summed E-state index contributed by atoms with van der Waals surface area (Å²) in [5.74, 6) is -3.14. The molecule has 116 valence electrons. The SMILES string of the molecule is O=C(COc1ccc(F)cc1)Nc1ccccc1SC(F)F. The van der Waals surface area contributed by atoms with Crippen LogP contribution >= 0.6 is 11.8 Å². The third-order valence-corrected chi connectivity index (χ3v) is 3.35. The number of thioether (sulfide) groups is 1. The molecule has 0 saturated carbocycles. The molecule has 0 spiro atoms. The molecule has 0 radical (unpaired) electrons. The molecule has 22 heavy (non-hydrogen) atoms. The Labute approximate surface area is 129 Å². The summed E-state index contributed by atoms with van der Waals surface area (Å²) in [5.41, 5.74) is 0.292. The largest absolute Gasteiger partial charge is 0.484 e. The Kier molecular flexibility index (Phi) is 5.71. The fraction of sp³-hybridized carbons (Fsp3) is 0.133. The first-order chi connectivity index (χ1) is 10.5. The number of anilines is 1. The Morgan fingerprint density at radius 3 is 2.50 bits per heavy atom. The van der Waals surface area contributed by atoms with Crippen molar-refractivity contribution in [2.24, 2.45) is 0 Å². The minimum Gasteiger partial charge on any atom is -0.484 e. The Balaban J connectivity index is 1.93. The fourth-order valence-corrected chi connectivity index (χ4v) is 2.23. The van der Waals surface area contributed by atoms with Crippen LogP contribution in [-0.4, -0.2) is 18.3 Å². The first kappa shape index (κ1) is 16.2. The number of para-hydroxylation sites is 1. The maximum Gasteiger partial charge on any atom is 0.288 e. The maximum absolute atomic E-state index is 12.7. The molecule has 0 aliphatic carbocycles. The molecule has 2 aromatic rings. The predicted octanol–water partition coefficient (Wildman–Crippen LogP) is 4.16. The number of amides is 1. The van der Waals surface area contributed by atoms with Crippen LogP contribution < -0.4 is 10.1 Å². The zero-order chi connectivity index (χ0) is 15.9. The minimum absolute atomic E-state index is 0.271. The smallest absolute Gasteiger partial charge is 0.288 e.